The molecule has 2 rings (SSSR count). The number of likely N-dealkylation sites (tertiary alicyclic amines) is 1. The van der Waals surface area contributed by atoms with Gasteiger partial charge in [-0.05, 0) is 6.07 Å². The van der Waals surface area contributed by atoms with Gasteiger partial charge >= 0.3 is 0 Å². The van der Waals surface area contributed by atoms with E-state index >= 15 is 0 Å². The fraction of sp³-hybridized carbons (Fsp3) is 0.400. The van der Waals surface area contributed by atoms with Crippen LogP contribution >= 0.6 is 15.9 Å². The lowest BCUT2D eigenvalue weighted by Gasteiger charge is -2.38. The fourth-order valence-corrected chi connectivity index (χ4v) is 1.96. The Morgan fingerprint density at radius 1 is 1.67 bits per heavy atom. The van der Waals surface area contributed by atoms with Crippen LogP contribution in [0.1, 0.15) is 10.4 Å². The molecule has 1 aromatic heterocycles. The van der Waals surface area contributed by atoms with Gasteiger partial charge in [0.25, 0.3) is 5.91 Å². The van der Waals surface area contributed by atoms with E-state index in [2.05, 4.69) is 20.9 Å². The third-order valence-electron chi connectivity index (χ3n) is 2.47. The molecule has 1 aliphatic rings. The van der Waals surface area contributed by atoms with Gasteiger partial charge in [0.2, 0.25) is 0 Å². The number of pyridine rings is 1. The van der Waals surface area contributed by atoms with Crippen LogP contribution in [0.25, 0.3) is 0 Å². The predicted molar refractivity (Wildman–Crippen MR) is 57.4 cm³/mol. The van der Waals surface area contributed by atoms with Crippen LogP contribution in [0, 0.1) is 11.7 Å². The molecular weight excluding hydrogens is 263 g/mol. The number of aromatic nitrogens is 1. The first-order chi connectivity index (χ1) is 7.22. The van der Waals surface area contributed by atoms with Crippen molar-refractivity contribution in [3.8, 4) is 0 Å². The first kappa shape index (κ1) is 10.5. The minimum Gasteiger partial charge on any atom is -0.338 e. The van der Waals surface area contributed by atoms with Gasteiger partial charge in [0.05, 0.1) is 11.8 Å². The Morgan fingerprint density at radius 2 is 2.40 bits per heavy atom. The third-order valence-corrected chi connectivity index (χ3v) is 3.38. The van der Waals surface area contributed by atoms with Gasteiger partial charge in [-0.2, -0.15) is 0 Å². The molecular formula is C10H10BrFN2O. The molecule has 1 amide bonds. The zero-order valence-corrected chi connectivity index (χ0v) is 9.58. The number of amides is 1. The summed E-state index contributed by atoms with van der Waals surface area (Å²) in [6.07, 6.45) is 2.49. The van der Waals surface area contributed by atoms with Gasteiger partial charge in [-0.15, -0.1) is 0 Å². The van der Waals surface area contributed by atoms with Crippen molar-refractivity contribution in [3.05, 3.63) is 29.8 Å². The number of carbonyl (C=O) groups is 1. The molecule has 15 heavy (non-hydrogen) atoms. The summed E-state index contributed by atoms with van der Waals surface area (Å²) in [5, 5.41) is 0.885. The molecule has 1 aromatic rings. The van der Waals surface area contributed by atoms with E-state index in [1.165, 1.54) is 12.3 Å². The summed E-state index contributed by atoms with van der Waals surface area (Å²) < 4.78 is 13.2. The van der Waals surface area contributed by atoms with Crippen LogP contribution in [0.4, 0.5) is 4.39 Å². The maximum absolute atomic E-state index is 13.2. The van der Waals surface area contributed by atoms with Crippen LogP contribution in [0.2, 0.25) is 0 Å². The van der Waals surface area contributed by atoms with Crippen molar-refractivity contribution in [2.24, 2.45) is 5.92 Å². The third kappa shape index (κ3) is 2.02. The second kappa shape index (κ2) is 4.26. The number of alkyl halides is 1. The molecule has 0 radical (unpaired) electrons. The summed E-state index contributed by atoms with van der Waals surface area (Å²) in [5.41, 5.74) is 0.109. The number of hydrogen-bond acceptors (Lipinski definition) is 2. The van der Waals surface area contributed by atoms with Crippen molar-refractivity contribution in [2.75, 3.05) is 18.4 Å². The summed E-state index contributed by atoms with van der Waals surface area (Å²) in [4.78, 5) is 17.0. The maximum Gasteiger partial charge on any atom is 0.256 e. The molecule has 1 aliphatic heterocycles. The van der Waals surface area contributed by atoms with Crippen molar-refractivity contribution >= 4 is 21.8 Å². The molecule has 1 fully saturated rings. The van der Waals surface area contributed by atoms with Gasteiger partial charge in [-0.3, -0.25) is 9.78 Å². The monoisotopic (exact) mass is 272 g/mol. The largest absolute Gasteiger partial charge is 0.338 e. The Labute approximate surface area is 95.4 Å². The van der Waals surface area contributed by atoms with E-state index in [1.807, 2.05) is 0 Å². The van der Waals surface area contributed by atoms with Crippen molar-refractivity contribution in [1.29, 1.82) is 0 Å². The number of hydrogen-bond donors (Lipinski definition) is 0. The smallest absolute Gasteiger partial charge is 0.256 e. The zero-order chi connectivity index (χ0) is 10.8. The predicted octanol–water partition coefficient (Wildman–Crippen LogP) is 1.69. The highest BCUT2D eigenvalue weighted by molar-refractivity contribution is 9.09. The zero-order valence-electron chi connectivity index (χ0n) is 7.99. The molecule has 0 bridgehead atoms. The average Bonchev–Trinajstić information content (AvgIpc) is 2.16. The molecule has 0 atom stereocenters. The minimum atomic E-state index is -0.551. The van der Waals surface area contributed by atoms with Crippen molar-refractivity contribution in [1.82, 2.24) is 9.88 Å². The molecule has 1 saturated heterocycles. The summed E-state index contributed by atoms with van der Waals surface area (Å²) in [5.74, 6) is -0.296. The maximum atomic E-state index is 13.2. The normalized spacial score (nSPS) is 16.3. The SMILES string of the molecule is O=C(c1ccncc1F)N1CC(CBr)C1. The molecule has 80 valence electrons. The van der Waals surface area contributed by atoms with Gasteiger partial charge < -0.3 is 4.90 Å². The summed E-state index contributed by atoms with van der Waals surface area (Å²) in [7, 11) is 0. The van der Waals surface area contributed by atoms with Gasteiger partial charge in [0.1, 0.15) is 0 Å². The highest BCUT2D eigenvalue weighted by atomic mass is 79.9. The van der Waals surface area contributed by atoms with E-state index in [-0.39, 0.29) is 11.5 Å². The first-order valence-electron chi connectivity index (χ1n) is 4.67. The van der Waals surface area contributed by atoms with Gasteiger partial charge in [-0.25, -0.2) is 4.39 Å². The summed E-state index contributed by atoms with van der Waals surface area (Å²) in [6.45, 7) is 1.40. The lowest BCUT2D eigenvalue weighted by molar-refractivity contribution is 0.0534. The highest BCUT2D eigenvalue weighted by Gasteiger charge is 2.31. The quantitative estimate of drug-likeness (QED) is 0.768. The van der Waals surface area contributed by atoms with E-state index in [1.54, 1.807) is 4.90 Å². The van der Waals surface area contributed by atoms with Crippen LogP contribution in [0.15, 0.2) is 18.5 Å². The van der Waals surface area contributed by atoms with Crippen molar-refractivity contribution in [3.63, 3.8) is 0 Å². The molecule has 0 aromatic carbocycles. The Morgan fingerprint density at radius 3 is 3.00 bits per heavy atom. The lowest BCUT2D eigenvalue weighted by Crippen LogP contribution is -2.50. The van der Waals surface area contributed by atoms with E-state index in [9.17, 15) is 9.18 Å². The Kier molecular flexibility index (Phi) is 3.00. The summed E-state index contributed by atoms with van der Waals surface area (Å²) >= 11 is 3.35. The molecule has 0 saturated carbocycles. The summed E-state index contributed by atoms with van der Waals surface area (Å²) in [6, 6.07) is 1.42. The van der Waals surface area contributed by atoms with Gasteiger partial charge in [0.15, 0.2) is 5.82 Å². The van der Waals surface area contributed by atoms with E-state index in [4.69, 9.17) is 0 Å². The molecule has 0 unspecified atom stereocenters. The Hall–Kier alpha value is -0.970. The molecule has 0 spiro atoms. The highest BCUT2D eigenvalue weighted by Crippen LogP contribution is 2.20. The van der Waals surface area contributed by atoms with E-state index in [0.29, 0.717) is 19.0 Å². The standard InChI is InChI=1S/C10H10BrFN2O/c11-3-7-5-14(6-7)10(15)8-1-2-13-4-9(8)12/h1-2,4,7H,3,5-6H2. The second-order valence-corrected chi connectivity index (χ2v) is 4.23. The number of carbonyl (C=O) groups excluding carboxylic acids is 1. The van der Waals surface area contributed by atoms with Crippen LogP contribution in [0.5, 0.6) is 0 Å². The number of halogens is 2. The Bertz CT molecular complexity index is 379. The fourth-order valence-electron chi connectivity index (χ4n) is 1.55. The topological polar surface area (TPSA) is 33.2 Å². The van der Waals surface area contributed by atoms with Crippen LogP contribution in [-0.4, -0.2) is 34.2 Å². The van der Waals surface area contributed by atoms with E-state index in [0.717, 1.165) is 11.5 Å². The minimum absolute atomic E-state index is 0.109. The molecule has 3 nitrogen and oxygen atoms in total. The number of nitrogens with zero attached hydrogens (tertiary/aromatic N) is 2. The average molecular weight is 273 g/mol. The molecule has 2 heterocycles. The molecule has 0 aliphatic carbocycles. The van der Waals surface area contributed by atoms with Crippen LogP contribution < -0.4 is 0 Å². The van der Waals surface area contributed by atoms with Crippen molar-refractivity contribution < 1.29 is 9.18 Å². The molecule has 0 N–H and O–H groups in total. The molecule has 5 heteroatoms. The second-order valence-electron chi connectivity index (χ2n) is 3.59. The Balaban J connectivity index is 2.07. The van der Waals surface area contributed by atoms with Gasteiger partial charge in [-0.1, -0.05) is 15.9 Å². The lowest BCUT2D eigenvalue weighted by atomic mass is 10.0. The van der Waals surface area contributed by atoms with Crippen LogP contribution in [-0.2, 0) is 0 Å². The van der Waals surface area contributed by atoms with Crippen molar-refractivity contribution in [2.45, 2.75) is 0 Å². The van der Waals surface area contributed by atoms with Crippen LogP contribution in [0.3, 0.4) is 0 Å². The first-order valence-corrected chi connectivity index (χ1v) is 5.79. The van der Waals surface area contributed by atoms with Gasteiger partial charge in [0, 0.05) is 30.5 Å². The number of rotatable bonds is 2. The van der Waals surface area contributed by atoms with E-state index < -0.39 is 5.82 Å².